The monoisotopic (exact) mass is 277 g/mol. The van der Waals surface area contributed by atoms with E-state index in [1.807, 2.05) is 48.5 Å². The van der Waals surface area contributed by atoms with Crippen molar-refractivity contribution in [2.75, 3.05) is 5.32 Å². The second-order valence-corrected chi connectivity index (χ2v) is 4.91. The van der Waals surface area contributed by atoms with Gasteiger partial charge in [-0.15, -0.1) is 0 Å². The Balaban J connectivity index is 1.86. The lowest BCUT2D eigenvalue weighted by molar-refractivity contribution is 0.481. The van der Waals surface area contributed by atoms with Gasteiger partial charge in [0.15, 0.2) is 11.5 Å². The molecule has 0 saturated carbocycles. The third-order valence-electron chi connectivity index (χ3n) is 3.53. The van der Waals surface area contributed by atoms with Gasteiger partial charge in [-0.2, -0.15) is 0 Å². The summed E-state index contributed by atoms with van der Waals surface area (Å²) < 4.78 is 19.4. The maximum Gasteiger partial charge on any atom is 0.151 e. The van der Waals surface area contributed by atoms with Crippen LogP contribution in [-0.4, -0.2) is 0 Å². The van der Waals surface area contributed by atoms with Crippen molar-refractivity contribution in [1.82, 2.24) is 0 Å². The standard InChI is InChI=1S/C18H12FNO/c19-13-6-3-5-12(11-13)14-7-4-10-17-18(14)20-15-8-1-2-9-16(15)21-17/h1-11,20H. The van der Waals surface area contributed by atoms with Crippen molar-refractivity contribution in [2.45, 2.75) is 0 Å². The molecule has 3 aromatic carbocycles. The van der Waals surface area contributed by atoms with Gasteiger partial charge in [-0.1, -0.05) is 36.4 Å². The third kappa shape index (κ3) is 2.03. The summed E-state index contributed by atoms with van der Waals surface area (Å²) in [6, 6.07) is 20.1. The van der Waals surface area contributed by atoms with Gasteiger partial charge in [0.1, 0.15) is 5.82 Å². The van der Waals surface area contributed by atoms with E-state index >= 15 is 0 Å². The zero-order chi connectivity index (χ0) is 14.2. The van der Waals surface area contributed by atoms with Crippen LogP contribution < -0.4 is 10.1 Å². The molecule has 0 radical (unpaired) electrons. The summed E-state index contributed by atoms with van der Waals surface area (Å²) in [5.74, 6) is 1.29. The SMILES string of the molecule is Fc1cccc(-c2cccc3c2Nc2ccccc2O3)c1. The highest BCUT2D eigenvalue weighted by Gasteiger charge is 2.19. The molecule has 0 amide bonds. The van der Waals surface area contributed by atoms with Gasteiger partial charge in [0.05, 0.1) is 11.4 Å². The maximum absolute atomic E-state index is 13.5. The number of para-hydroxylation sites is 3. The van der Waals surface area contributed by atoms with E-state index in [9.17, 15) is 4.39 Å². The van der Waals surface area contributed by atoms with E-state index in [1.165, 1.54) is 12.1 Å². The van der Waals surface area contributed by atoms with Crippen molar-refractivity contribution in [1.29, 1.82) is 0 Å². The molecule has 0 aliphatic carbocycles. The highest BCUT2D eigenvalue weighted by Crippen LogP contribution is 2.46. The minimum atomic E-state index is -0.248. The van der Waals surface area contributed by atoms with Crippen LogP contribution in [0.15, 0.2) is 66.7 Å². The van der Waals surface area contributed by atoms with Crippen molar-refractivity contribution in [3.63, 3.8) is 0 Å². The third-order valence-corrected chi connectivity index (χ3v) is 3.53. The highest BCUT2D eigenvalue weighted by atomic mass is 19.1. The number of halogens is 1. The second kappa shape index (κ2) is 4.63. The lowest BCUT2D eigenvalue weighted by Crippen LogP contribution is -2.04. The number of rotatable bonds is 1. The minimum absolute atomic E-state index is 0.248. The van der Waals surface area contributed by atoms with E-state index in [4.69, 9.17) is 4.74 Å². The molecule has 0 fully saturated rings. The van der Waals surface area contributed by atoms with Crippen molar-refractivity contribution >= 4 is 11.4 Å². The molecule has 3 aromatic rings. The van der Waals surface area contributed by atoms with Crippen LogP contribution in [0.5, 0.6) is 11.5 Å². The summed E-state index contributed by atoms with van der Waals surface area (Å²) in [7, 11) is 0. The van der Waals surface area contributed by atoms with Crippen LogP contribution in [0.25, 0.3) is 11.1 Å². The van der Waals surface area contributed by atoms with Crippen LogP contribution in [0, 0.1) is 5.82 Å². The van der Waals surface area contributed by atoms with Gasteiger partial charge >= 0.3 is 0 Å². The smallest absolute Gasteiger partial charge is 0.151 e. The minimum Gasteiger partial charge on any atom is -0.453 e. The molecular weight excluding hydrogens is 265 g/mol. The molecular formula is C18H12FNO. The molecule has 0 spiro atoms. The first-order valence-corrected chi connectivity index (χ1v) is 6.74. The van der Waals surface area contributed by atoms with Crippen LogP contribution in [0.1, 0.15) is 0 Å². The molecule has 1 aliphatic heterocycles. The number of hydrogen-bond donors (Lipinski definition) is 1. The van der Waals surface area contributed by atoms with E-state index < -0.39 is 0 Å². The number of anilines is 2. The van der Waals surface area contributed by atoms with Crippen LogP contribution in [0.2, 0.25) is 0 Å². The molecule has 0 aromatic heterocycles. The quantitative estimate of drug-likeness (QED) is 0.507. The summed E-state index contributed by atoms with van der Waals surface area (Å²) in [5.41, 5.74) is 3.51. The Morgan fingerprint density at radius 2 is 1.62 bits per heavy atom. The van der Waals surface area contributed by atoms with Crippen LogP contribution in [0.4, 0.5) is 15.8 Å². The summed E-state index contributed by atoms with van der Waals surface area (Å²) in [6.07, 6.45) is 0. The number of fused-ring (bicyclic) bond motifs is 2. The average molecular weight is 277 g/mol. The van der Waals surface area contributed by atoms with Gasteiger partial charge in [-0.3, -0.25) is 0 Å². The molecule has 1 N–H and O–H groups in total. The molecule has 0 saturated heterocycles. The molecule has 0 bridgehead atoms. The largest absolute Gasteiger partial charge is 0.453 e. The summed E-state index contributed by atoms with van der Waals surface area (Å²) in [4.78, 5) is 0. The Morgan fingerprint density at radius 1 is 0.810 bits per heavy atom. The van der Waals surface area contributed by atoms with Gasteiger partial charge < -0.3 is 10.1 Å². The topological polar surface area (TPSA) is 21.3 Å². The fourth-order valence-electron chi connectivity index (χ4n) is 2.55. The number of benzene rings is 3. The van der Waals surface area contributed by atoms with Gasteiger partial charge in [0.25, 0.3) is 0 Å². The summed E-state index contributed by atoms with van der Waals surface area (Å²) in [5, 5.41) is 3.38. The van der Waals surface area contributed by atoms with Crippen molar-refractivity contribution in [3.8, 4) is 22.6 Å². The van der Waals surface area contributed by atoms with E-state index in [2.05, 4.69) is 5.32 Å². The van der Waals surface area contributed by atoms with Gasteiger partial charge in [0, 0.05) is 5.56 Å². The zero-order valence-electron chi connectivity index (χ0n) is 11.1. The van der Waals surface area contributed by atoms with Crippen molar-refractivity contribution in [3.05, 3.63) is 72.5 Å². The Bertz CT molecular complexity index is 829. The Hall–Kier alpha value is -2.81. The highest BCUT2D eigenvalue weighted by molar-refractivity contribution is 5.88. The van der Waals surface area contributed by atoms with Crippen LogP contribution >= 0.6 is 0 Å². The average Bonchev–Trinajstić information content (AvgIpc) is 2.52. The first-order chi connectivity index (χ1) is 10.3. The fourth-order valence-corrected chi connectivity index (χ4v) is 2.55. The molecule has 0 unspecified atom stereocenters. The normalized spacial score (nSPS) is 11.9. The number of ether oxygens (including phenoxy) is 1. The first-order valence-electron chi connectivity index (χ1n) is 6.74. The predicted octanol–water partition coefficient (Wildman–Crippen LogP) is 5.34. The number of nitrogens with one attached hydrogen (secondary N) is 1. The van der Waals surface area contributed by atoms with Gasteiger partial charge in [-0.05, 0) is 35.9 Å². The molecule has 1 aliphatic rings. The zero-order valence-corrected chi connectivity index (χ0v) is 11.1. The van der Waals surface area contributed by atoms with E-state index in [1.54, 1.807) is 6.07 Å². The number of hydrogen-bond acceptors (Lipinski definition) is 2. The van der Waals surface area contributed by atoms with Crippen molar-refractivity contribution < 1.29 is 9.13 Å². The van der Waals surface area contributed by atoms with E-state index in [0.29, 0.717) is 0 Å². The van der Waals surface area contributed by atoms with Gasteiger partial charge in [0.2, 0.25) is 0 Å². The maximum atomic E-state index is 13.5. The summed E-state index contributed by atoms with van der Waals surface area (Å²) in [6.45, 7) is 0. The molecule has 3 heteroatoms. The Labute approximate surface area is 121 Å². The molecule has 0 atom stereocenters. The van der Waals surface area contributed by atoms with Crippen LogP contribution in [0.3, 0.4) is 0 Å². The molecule has 102 valence electrons. The van der Waals surface area contributed by atoms with Crippen molar-refractivity contribution in [2.24, 2.45) is 0 Å². The Kier molecular flexibility index (Phi) is 2.64. The van der Waals surface area contributed by atoms with Crippen LogP contribution in [-0.2, 0) is 0 Å². The van der Waals surface area contributed by atoms with E-state index in [-0.39, 0.29) is 5.82 Å². The molecule has 1 heterocycles. The summed E-state index contributed by atoms with van der Waals surface area (Å²) >= 11 is 0. The van der Waals surface area contributed by atoms with Gasteiger partial charge in [-0.25, -0.2) is 4.39 Å². The molecule has 21 heavy (non-hydrogen) atoms. The van der Waals surface area contributed by atoms with E-state index in [0.717, 1.165) is 34.0 Å². The Morgan fingerprint density at radius 3 is 2.52 bits per heavy atom. The second-order valence-electron chi connectivity index (χ2n) is 4.91. The first kappa shape index (κ1) is 12.0. The molecule has 4 rings (SSSR count). The lowest BCUT2D eigenvalue weighted by atomic mass is 10.0. The predicted molar refractivity (Wildman–Crippen MR) is 81.6 cm³/mol. The lowest BCUT2D eigenvalue weighted by Gasteiger charge is -2.24. The molecule has 2 nitrogen and oxygen atoms in total. The fraction of sp³-hybridized carbons (Fsp3) is 0.